The second-order valence-corrected chi connectivity index (χ2v) is 6.77. The Morgan fingerprint density at radius 3 is 2.05 bits per heavy atom. The average Bonchev–Trinajstić information content (AvgIpc) is 2.64. The Balaban J connectivity index is 2.89. The first-order chi connectivity index (χ1) is 9.06. The van der Waals surface area contributed by atoms with Crippen LogP contribution >= 0.6 is 0 Å². The Labute approximate surface area is 121 Å². The zero-order valence-electron chi connectivity index (χ0n) is 14.0. The molecule has 1 aliphatic carbocycles. The maximum absolute atomic E-state index is 3.83. The average molecular weight is 268 g/mol. The van der Waals surface area contributed by atoms with Gasteiger partial charge >= 0.3 is 0 Å². The van der Waals surface area contributed by atoms with Crippen LogP contribution in [0.4, 0.5) is 0 Å². The second kappa shape index (κ2) is 8.26. The zero-order valence-corrected chi connectivity index (χ0v) is 14.0. The van der Waals surface area contributed by atoms with E-state index < -0.39 is 0 Å². The van der Waals surface area contributed by atoms with Crippen molar-refractivity contribution in [1.29, 1.82) is 0 Å². The van der Waals surface area contributed by atoms with Crippen molar-refractivity contribution < 1.29 is 0 Å². The van der Waals surface area contributed by atoms with Crippen molar-refractivity contribution in [3.63, 3.8) is 0 Å². The number of hydrogen-bond acceptors (Lipinski definition) is 2. The van der Waals surface area contributed by atoms with E-state index in [2.05, 4.69) is 45.1 Å². The predicted molar refractivity (Wildman–Crippen MR) is 85.7 cm³/mol. The van der Waals surface area contributed by atoms with E-state index in [4.69, 9.17) is 0 Å². The third-order valence-corrected chi connectivity index (χ3v) is 5.29. The molecule has 114 valence electrons. The smallest absolute Gasteiger partial charge is 0.0356 e. The van der Waals surface area contributed by atoms with Crippen LogP contribution < -0.4 is 5.32 Å². The lowest BCUT2D eigenvalue weighted by molar-refractivity contribution is 0.0699. The lowest BCUT2D eigenvalue weighted by Gasteiger charge is -2.47. The van der Waals surface area contributed by atoms with Crippen molar-refractivity contribution in [2.24, 2.45) is 5.92 Å². The van der Waals surface area contributed by atoms with E-state index in [9.17, 15) is 0 Å². The van der Waals surface area contributed by atoms with Crippen LogP contribution in [-0.4, -0.2) is 37.1 Å². The molecule has 1 rings (SSSR count). The Morgan fingerprint density at radius 1 is 1.05 bits per heavy atom. The molecule has 0 radical (unpaired) electrons. The highest BCUT2D eigenvalue weighted by atomic mass is 15.2. The van der Waals surface area contributed by atoms with Gasteiger partial charge in [0.2, 0.25) is 0 Å². The number of nitrogens with zero attached hydrogens (tertiary/aromatic N) is 1. The maximum Gasteiger partial charge on any atom is 0.0356 e. The summed E-state index contributed by atoms with van der Waals surface area (Å²) < 4.78 is 0. The Kier molecular flexibility index (Phi) is 7.38. The van der Waals surface area contributed by atoms with Crippen molar-refractivity contribution in [1.82, 2.24) is 10.2 Å². The van der Waals surface area contributed by atoms with Crippen molar-refractivity contribution in [3.05, 3.63) is 0 Å². The summed E-state index contributed by atoms with van der Waals surface area (Å²) in [4.78, 5) is 2.54. The number of hydrogen-bond donors (Lipinski definition) is 1. The van der Waals surface area contributed by atoms with Crippen LogP contribution in [0.2, 0.25) is 0 Å². The molecule has 0 spiro atoms. The van der Waals surface area contributed by atoms with Crippen molar-refractivity contribution in [2.75, 3.05) is 20.6 Å². The molecule has 1 N–H and O–H groups in total. The van der Waals surface area contributed by atoms with E-state index in [0.29, 0.717) is 11.6 Å². The number of nitrogens with one attached hydrogen (secondary N) is 1. The van der Waals surface area contributed by atoms with E-state index in [-0.39, 0.29) is 0 Å². The largest absolute Gasteiger partial charge is 0.312 e. The van der Waals surface area contributed by atoms with Gasteiger partial charge in [-0.2, -0.15) is 0 Å². The fourth-order valence-electron chi connectivity index (χ4n) is 3.76. The molecule has 0 aliphatic heterocycles. The van der Waals surface area contributed by atoms with Gasteiger partial charge in [0, 0.05) is 11.6 Å². The highest BCUT2D eigenvalue weighted by molar-refractivity contribution is 5.00. The highest BCUT2D eigenvalue weighted by Crippen LogP contribution is 2.36. The van der Waals surface area contributed by atoms with Crippen LogP contribution in [0.15, 0.2) is 0 Å². The Morgan fingerprint density at radius 2 is 1.63 bits per heavy atom. The third-order valence-electron chi connectivity index (χ3n) is 5.29. The minimum atomic E-state index is 0.385. The molecule has 2 nitrogen and oxygen atoms in total. The van der Waals surface area contributed by atoms with Gasteiger partial charge in [0.1, 0.15) is 0 Å². The summed E-state index contributed by atoms with van der Waals surface area (Å²) in [6.45, 7) is 8.08. The van der Waals surface area contributed by atoms with Gasteiger partial charge < -0.3 is 10.2 Å². The molecule has 0 aromatic carbocycles. The maximum atomic E-state index is 3.83. The van der Waals surface area contributed by atoms with Crippen LogP contribution in [0, 0.1) is 5.92 Å². The number of likely N-dealkylation sites (N-methyl/N-ethyl adjacent to an activating group) is 2. The summed E-state index contributed by atoms with van der Waals surface area (Å²) in [5.41, 5.74) is 0.385. The molecule has 1 saturated carbocycles. The van der Waals surface area contributed by atoms with Gasteiger partial charge in [-0.15, -0.1) is 0 Å². The standard InChI is InChI=1S/C17H36N2/c1-6-15(3)14-16(18-7-2)17(19(4)5)12-10-8-9-11-13-17/h15-16,18H,6-14H2,1-5H3. The van der Waals surface area contributed by atoms with Crippen LogP contribution in [0.3, 0.4) is 0 Å². The summed E-state index contributed by atoms with van der Waals surface area (Å²) in [5, 5.41) is 3.83. The van der Waals surface area contributed by atoms with E-state index in [1.165, 1.54) is 51.4 Å². The minimum absolute atomic E-state index is 0.385. The summed E-state index contributed by atoms with van der Waals surface area (Å²) in [5.74, 6) is 0.823. The van der Waals surface area contributed by atoms with Gasteiger partial charge in [0.25, 0.3) is 0 Å². The van der Waals surface area contributed by atoms with Gasteiger partial charge in [-0.1, -0.05) is 52.9 Å². The molecule has 2 atom stereocenters. The topological polar surface area (TPSA) is 15.3 Å². The monoisotopic (exact) mass is 268 g/mol. The first-order valence-corrected chi connectivity index (χ1v) is 8.47. The Bertz CT molecular complexity index is 229. The molecule has 0 saturated heterocycles. The predicted octanol–water partition coefficient (Wildman–Crippen LogP) is 4.06. The fourth-order valence-corrected chi connectivity index (χ4v) is 3.76. The summed E-state index contributed by atoms with van der Waals surface area (Å²) in [6.07, 6.45) is 11.0. The molecule has 19 heavy (non-hydrogen) atoms. The van der Waals surface area contributed by atoms with Gasteiger partial charge in [0.05, 0.1) is 0 Å². The summed E-state index contributed by atoms with van der Waals surface area (Å²) in [6, 6.07) is 0.653. The van der Waals surface area contributed by atoms with E-state index in [0.717, 1.165) is 12.5 Å². The lowest BCUT2D eigenvalue weighted by Crippen LogP contribution is -2.59. The minimum Gasteiger partial charge on any atom is -0.312 e. The normalized spacial score (nSPS) is 23.1. The molecule has 0 amide bonds. The fraction of sp³-hybridized carbons (Fsp3) is 1.00. The molecule has 2 unspecified atom stereocenters. The Hall–Kier alpha value is -0.0800. The number of rotatable bonds is 7. The zero-order chi connectivity index (χ0) is 14.3. The first kappa shape index (κ1) is 17.0. The molecule has 2 heteroatoms. The molecule has 0 heterocycles. The van der Waals surface area contributed by atoms with Crippen LogP contribution in [0.25, 0.3) is 0 Å². The first-order valence-electron chi connectivity index (χ1n) is 8.47. The van der Waals surface area contributed by atoms with Crippen molar-refractivity contribution in [2.45, 2.75) is 83.7 Å². The SMILES string of the molecule is CCNC(CC(C)CC)C1(N(C)C)CCCCCC1. The van der Waals surface area contributed by atoms with E-state index in [1.807, 2.05) is 0 Å². The van der Waals surface area contributed by atoms with E-state index >= 15 is 0 Å². The van der Waals surface area contributed by atoms with Gasteiger partial charge in [0.15, 0.2) is 0 Å². The quantitative estimate of drug-likeness (QED) is 0.701. The molecule has 1 aliphatic rings. The molecule has 0 bridgehead atoms. The third kappa shape index (κ3) is 4.46. The summed E-state index contributed by atoms with van der Waals surface area (Å²) >= 11 is 0. The molecular weight excluding hydrogens is 232 g/mol. The second-order valence-electron chi connectivity index (χ2n) is 6.77. The van der Waals surface area contributed by atoms with Crippen LogP contribution in [-0.2, 0) is 0 Å². The molecule has 1 fully saturated rings. The molecule has 0 aromatic rings. The molecular formula is C17H36N2. The van der Waals surface area contributed by atoms with Gasteiger partial charge in [-0.25, -0.2) is 0 Å². The van der Waals surface area contributed by atoms with Crippen molar-refractivity contribution in [3.8, 4) is 0 Å². The highest BCUT2D eigenvalue weighted by Gasteiger charge is 2.40. The van der Waals surface area contributed by atoms with E-state index in [1.54, 1.807) is 0 Å². The molecule has 0 aromatic heterocycles. The van der Waals surface area contributed by atoms with Crippen molar-refractivity contribution >= 4 is 0 Å². The van der Waals surface area contributed by atoms with Gasteiger partial charge in [-0.05, 0) is 45.8 Å². The van der Waals surface area contributed by atoms with Crippen LogP contribution in [0.5, 0.6) is 0 Å². The summed E-state index contributed by atoms with van der Waals surface area (Å²) in [7, 11) is 4.60. The van der Waals surface area contributed by atoms with Crippen LogP contribution in [0.1, 0.15) is 72.1 Å². The lowest BCUT2D eigenvalue weighted by atomic mass is 9.77. The van der Waals surface area contributed by atoms with Gasteiger partial charge in [-0.3, -0.25) is 0 Å².